The zero-order valence-corrected chi connectivity index (χ0v) is 17.2. The van der Waals surface area contributed by atoms with Crippen molar-refractivity contribution < 1.29 is 4.79 Å². The van der Waals surface area contributed by atoms with Crippen molar-refractivity contribution in [1.29, 1.82) is 0 Å². The maximum atomic E-state index is 12.9. The molecule has 28 heavy (non-hydrogen) atoms. The molecule has 2 aliphatic rings. The molecule has 0 saturated carbocycles. The summed E-state index contributed by atoms with van der Waals surface area (Å²) in [5.74, 6) is 0.147. The molecule has 2 heterocycles. The largest absolute Gasteiger partial charge is 0.336 e. The summed E-state index contributed by atoms with van der Waals surface area (Å²) in [5.41, 5.74) is 11.1. The summed E-state index contributed by atoms with van der Waals surface area (Å²) in [6, 6.07) is 14.3. The van der Waals surface area contributed by atoms with Gasteiger partial charge in [-0.3, -0.25) is 9.69 Å². The molecule has 4 rings (SSSR count). The van der Waals surface area contributed by atoms with Gasteiger partial charge in [-0.1, -0.05) is 41.4 Å². The minimum atomic E-state index is 0.147. The number of nitrogens with zero attached hydrogens (tertiary/aromatic N) is 2. The number of hydrogen-bond acceptors (Lipinski definition) is 4. The van der Waals surface area contributed by atoms with E-state index in [1.54, 1.807) is 0 Å². The molecule has 0 bridgehead atoms. The van der Waals surface area contributed by atoms with Crippen LogP contribution in [0.4, 0.5) is 0 Å². The molecule has 2 saturated heterocycles. The number of halogens is 1. The van der Waals surface area contributed by atoms with Crippen LogP contribution in [0.15, 0.2) is 42.5 Å². The first-order valence-electron chi connectivity index (χ1n) is 9.88. The van der Waals surface area contributed by atoms with E-state index in [9.17, 15) is 4.79 Å². The monoisotopic (exact) mass is 398 g/mol. The Morgan fingerprint density at radius 2 is 1.71 bits per heavy atom. The molecule has 0 aromatic heterocycles. The Kier molecular flexibility index (Phi) is 5.69. The number of nitrogens with one attached hydrogen (secondary N) is 2. The highest BCUT2D eigenvalue weighted by Gasteiger charge is 2.32. The highest BCUT2D eigenvalue weighted by Crippen LogP contribution is 2.26. The van der Waals surface area contributed by atoms with Crippen LogP contribution in [0.3, 0.4) is 0 Å². The normalized spacial score (nSPS) is 23.2. The van der Waals surface area contributed by atoms with Gasteiger partial charge in [-0.25, -0.2) is 10.9 Å². The fourth-order valence-corrected chi connectivity index (χ4v) is 4.28. The molecule has 2 aromatic rings. The average molecular weight is 399 g/mol. The van der Waals surface area contributed by atoms with E-state index < -0.39 is 0 Å². The van der Waals surface area contributed by atoms with E-state index in [1.165, 1.54) is 11.1 Å². The molecule has 1 amide bonds. The average Bonchev–Trinajstić information content (AvgIpc) is 3.18. The second-order valence-corrected chi connectivity index (χ2v) is 8.23. The summed E-state index contributed by atoms with van der Waals surface area (Å²) >= 11 is 5.99. The number of benzene rings is 2. The number of hydrazine groups is 1. The van der Waals surface area contributed by atoms with Crippen molar-refractivity contribution in [3.8, 4) is 0 Å². The number of hydrogen-bond donors (Lipinski definition) is 2. The van der Waals surface area contributed by atoms with Crippen LogP contribution in [-0.2, 0) is 0 Å². The van der Waals surface area contributed by atoms with Crippen LogP contribution in [-0.4, -0.2) is 48.1 Å². The molecule has 6 heteroatoms. The summed E-state index contributed by atoms with van der Waals surface area (Å²) in [6.45, 7) is 7.35. The number of amides is 1. The standard InChI is InChI=1S/C22H27ClN4O/c1-15-3-8-19(16(2)13-15)22(28)27-11-9-26(10-12-27)21-14-20(24-25-21)17-4-6-18(23)7-5-17/h3-8,13,20-21,24-25H,9-12,14H2,1-2H3. The van der Waals surface area contributed by atoms with Gasteiger partial charge < -0.3 is 4.90 Å². The highest BCUT2D eigenvalue weighted by atomic mass is 35.5. The molecule has 5 nitrogen and oxygen atoms in total. The molecule has 2 aliphatic heterocycles. The maximum Gasteiger partial charge on any atom is 0.254 e. The summed E-state index contributed by atoms with van der Waals surface area (Å²) < 4.78 is 0. The number of carbonyl (C=O) groups is 1. The van der Waals surface area contributed by atoms with E-state index in [4.69, 9.17) is 11.6 Å². The second-order valence-electron chi connectivity index (χ2n) is 7.79. The minimum absolute atomic E-state index is 0.147. The number of piperazine rings is 1. The van der Waals surface area contributed by atoms with E-state index in [1.807, 2.05) is 36.1 Å². The zero-order valence-electron chi connectivity index (χ0n) is 16.4. The van der Waals surface area contributed by atoms with Gasteiger partial charge in [0.25, 0.3) is 5.91 Å². The fourth-order valence-electron chi connectivity index (χ4n) is 4.15. The zero-order chi connectivity index (χ0) is 19.7. The van der Waals surface area contributed by atoms with Crippen LogP contribution in [0.25, 0.3) is 0 Å². The minimum Gasteiger partial charge on any atom is -0.336 e. The summed E-state index contributed by atoms with van der Waals surface area (Å²) in [5, 5.41) is 0.760. The van der Waals surface area contributed by atoms with Crippen molar-refractivity contribution in [2.24, 2.45) is 0 Å². The predicted octanol–water partition coefficient (Wildman–Crippen LogP) is 3.28. The lowest BCUT2D eigenvalue weighted by atomic mass is 10.0. The summed E-state index contributed by atoms with van der Waals surface area (Å²) in [6.07, 6.45) is 1.27. The number of rotatable bonds is 3. The SMILES string of the molecule is Cc1ccc(C(=O)N2CCN(C3CC(c4ccc(Cl)cc4)NN3)CC2)c(C)c1. The van der Waals surface area contributed by atoms with Crippen LogP contribution in [0.5, 0.6) is 0 Å². The highest BCUT2D eigenvalue weighted by molar-refractivity contribution is 6.30. The molecular weight excluding hydrogens is 372 g/mol. The van der Waals surface area contributed by atoms with Gasteiger partial charge >= 0.3 is 0 Å². The van der Waals surface area contributed by atoms with Crippen molar-refractivity contribution in [1.82, 2.24) is 20.7 Å². The van der Waals surface area contributed by atoms with Crippen LogP contribution in [0, 0.1) is 13.8 Å². The number of aryl methyl sites for hydroxylation is 2. The lowest BCUT2D eigenvalue weighted by Crippen LogP contribution is -2.55. The number of carbonyl (C=O) groups excluding carboxylic acids is 1. The van der Waals surface area contributed by atoms with Crippen LogP contribution in [0.2, 0.25) is 5.02 Å². The maximum absolute atomic E-state index is 12.9. The van der Waals surface area contributed by atoms with Gasteiger partial charge in [-0.05, 0) is 49.6 Å². The quantitative estimate of drug-likeness (QED) is 0.833. The molecule has 148 valence electrons. The van der Waals surface area contributed by atoms with Gasteiger partial charge in [0.2, 0.25) is 0 Å². The van der Waals surface area contributed by atoms with E-state index in [0.717, 1.165) is 48.7 Å². The molecule has 2 fully saturated rings. The Bertz CT molecular complexity index is 846. The van der Waals surface area contributed by atoms with Crippen molar-refractivity contribution in [3.05, 3.63) is 69.7 Å². The lowest BCUT2D eigenvalue weighted by Gasteiger charge is -2.38. The Balaban J connectivity index is 1.33. The summed E-state index contributed by atoms with van der Waals surface area (Å²) in [7, 11) is 0. The molecule has 0 spiro atoms. The third-order valence-electron chi connectivity index (χ3n) is 5.81. The van der Waals surface area contributed by atoms with Crippen LogP contribution >= 0.6 is 11.6 Å². The smallest absolute Gasteiger partial charge is 0.254 e. The topological polar surface area (TPSA) is 47.6 Å². The van der Waals surface area contributed by atoms with E-state index in [2.05, 4.69) is 40.9 Å². The van der Waals surface area contributed by atoms with Gasteiger partial charge in [0.05, 0.1) is 6.17 Å². The first kappa shape index (κ1) is 19.4. The fraction of sp³-hybridized carbons (Fsp3) is 0.409. The summed E-state index contributed by atoms with van der Waals surface area (Å²) in [4.78, 5) is 17.3. The van der Waals surface area contributed by atoms with Gasteiger partial charge in [0.15, 0.2) is 0 Å². The lowest BCUT2D eigenvalue weighted by molar-refractivity contribution is 0.0544. The molecule has 0 aliphatic carbocycles. The third-order valence-corrected chi connectivity index (χ3v) is 6.06. The van der Waals surface area contributed by atoms with Gasteiger partial charge in [0.1, 0.15) is 0 Å². The third kappa shape index (κ3) is 4.08. The van der Waals surface area contributed by atoms with Crippen molar-refractivity contribution in [2.45, 2.75) is 32.5 Å². The Hall–Kier alpha value is -1.92. The Labute approximate surface area is 171 Å². The van der Waals surface area contributed by atoms with Gasteiger partial charge in [0, 0.05) is 42.8 Å². The Morgan fingerprint density at radius 3 is 2.39 bits per heavy atom. The molecule has 2 unspecified atom stereocenters. The predicted molar refractivity (Wildman–Crippen MR) is 112 cm³/mol. The molecule has 2 atom stereocenters. The van der Waals surface area contributed by atoms with Crippen molar-refractivity contribution in [2.75, 3.05) is 26.2 Å². The van der Waals surface area contributed by atoms with Crippen molar-refractivity contribution >= 4 is 17.5 Å². The van der Waals surface area contributed by atoms with E-state index in [-0.39, 0.29) is 18.1 Å². The van der Waals surface area contributed by atoms with E-state index in [0.29, 0.717) is 0 Å². The first-order valence-corrected chi connectivity index (χ1v) is 10.3. The van der Waals surface area contributed by atoms with E-state index >= 15 is 0 Å². The van der Waals surface area contributed by atoms with Crippen LogP contribution < -0.4 is 10.9 Å². The molecular formula is C22H27ClN4O. The van der Waals surface area contributed by atoms with Crippen molar-refractivity contribution in [3.63, 3.8) is 0 Å². The first-order chi connectivity index (χ1) is 13.5. The molecule has 2 N–H and O–H groups in total. The van der Waals surface area contributed by atoms with Crippen LogP contribution in [0.1, 0.15) is 39.5 Å². The second kappa shape index (κ2) is 8.21. The van der Waals surface area contributed by atoms with Gasteiger partial charge in [-0.15, -0.1) is 0 Å². The van der Waals surface area contributed by atoms with Gasteiger partial charge in [-0.2, -0.15) is 0 Å². The Morgan fingerprint density at radius 1 is 1.00 bits per heavy atom. The molecule has 0 radical (unpaired) electrons. The molecule has 2 aromatic carbocycles.